The topological polar surface area (TPSA) is 52.1 Å². The second-order valence-corrected chi connectivity index (χ2v) is 8.17. The summed E-state index contributed by atoms with van der Waals surface area (Å²) in [6, 6.07) is 5.08. The fraction of sp³-hybridized carbons (Fsp3) is 0.278. The number of benzene rings is 1. The molecular formula is C18H17ClN2O2S2. The van der Waals surface area contributed by atoms with E-state index < -0.39 is 0 Å². The van der Waals surface area contributed by atoms with Gasteiger partial charge in [0.1, 0.15) is 21.4 Å². The number of rotatable bonds is 5. The Hall–Kier alpha value is -1.63. The average molecular weight is 393 g/mol. The van der Waals surface area contributed by atoms with Gasteiger partial charge in [0.25, 0.3) is 0 Å². The van der Waals surface area contributed by atoms with E-state index in [9.17, 15) is 4.79 Å². The van der Waals surface area contributed by atoms with Crippen LogP contribution in [-0.2, 0) is 0 Å². The summed E-state index contributed by atoms with van der Waals surface area (Å²) in [5.41, 5.74) is 1.75. The number of methoxy groups -OCH3 is 1. The molecular weight excluding hydrogens is 376 g/mol. The third-order valence-corrected chi connectivity index (χ3v) is 6.29. The number of hydrogen-bond donors (Lipinski definition) is 0. The number of nitrogens with zero attached hydrogens (tertiary/aromatic N) is 2. The Bertz CT molecular complexity index is 969. The van der Waals surface area contributed by atoms with Gasteiger partial charge in [0.15, 0.2) is 5.78 Å². The van der Waals surface area contributed by atoms with E-state index >= 15 is 0 Å². The van der Waals surface area contributed by atoms with Crippen LogP contribution < -0.4 is 4.74 Å². The molecule has 130 valence electrons. The molecule has 3 aromatic rings. The Morgan fingerprint density at radius 3 is 2.72 bits per heavy atom. The lowest BCUT2D eigenvalue weighted by Gasteiger charge is -2.07. The van der Waals surface area contributed by atoms with E-state index in [-0.39, 0.29) is 5.78 Å². The highest BCUT2D eigenvalue weighted by molar-refractivity contribution is 8.00. The van der Waals surface area contributed by atoms with Gasteiger partial charge in [-0.25, -0.2) is 9.97 Å². The highest BCUT2D eigenvalue weighted by Crippen LogP contribution is 2.35. The first-order valence-electron chi connectivity index (χ1n) is 7.64. The van der Waals surface area contributed by atoms with Gasteiger partial charge >= 0.3 is 0 Å². The molecule has 4 nitrogen and oxygen atoms in total. The molecule has 3 rings (SSSR count). The molecule has 0 aliphatic heterocycles. The summed E-state index contributed by atoms with van der Waals surface area (Å²) in [4.78, 5) is 23.8. The Morgan fingerprint density at radius 1 is 1.28 bits per heavy atom. The Morgan fingerprint density at radius 2 is 2.04 bits per heavy atom. The van der Waals surface area contributed by atoms with Crippen molar-refractivity contribution in [1.29, 1.82) is 0 Å². The van der Waals surface area contributed by atoms with Gasteiger partial charge in [-0.05, 0) is 44.5 Å². The Labute approximate surface area is 159 Å². The molecule has 0 radical (unpaired) electrons. The lowest BCUT2D eigenvalue weighted by molar-refractivity contribution is 0.102. The maximum atomic E-state index is 12.5. The SMILES string of the molecule is COc1ccc(C(=O)CSc2nc(C)nc3sc(C)c(C)c23)cc1Cl. The summed E-state index contributed by atoms with van der Waals surface area (Å²) < 4.78 is 5.12. The van der Waals surface area contributed by atoms with Crippen molar-refractivity contribution in [2.45, 2.75) is 25.8 Å². The minimum Gasteiger partial charge on any atom is -0.495 e. The molecule has 7 heteroatoms. The van der Waals surface area contributed by atoms with E-state index in [4.69, 9.17) is 16.3 Å². The summed E-state index contributed by atoms with van der Waals surface area (Å²) in [5.74, 6) is 1.57. The molecule has 1 aromatic carbocycles. The monoisotopic (exact) mass is 392 g/mol. The van der Waals surface area contributed by atoms with Crippen molar-refractivity contribution in [1.82, 2.24) is 9.97 Å². The number of hydrogen-bond acceptors (Lipinski definition) is 6. The molecule has 2 heterocycles. The van der Waals surface area contributed by atoms with Crippen LogP contribution in [-0.4, -0.2) is 28.6 Å². The number of carbonyl (C=O) groups excluding carboxylic acids is 1. The zero-order chi connectivity index (χ0) is 18.1. The number of fused-ring (bicyclic) bond motifs is 1. The van der Waals surface area contributed by atoms with Crippen LogP contribution in [0.2, 0.25) is 5.02 Å². The molecule has 0 unspecified atom stereocenters. The number of thioether (sulfide) groups is 1. The summed E-state index contributed by atoms with van der Waals surface area (Å²) in [5, 5.41) is 2.35. The number of ether oxygens (including phenoxy) is 1. The van der Waals surface area contributed by atoms with Crippen LogP contribution in [0.25, 0.3) is 10.2 Å². The minimum absolute atomic E-state index is 0.00331. The van der Waals surface area contributed by atoms with E-state index in [1.807, 2.05) is 6.92 Å². The van der Waals surface area contributed by atoms with Crippen molar-refractivity contribution in [2.24, 2.45) is 0 Å². The van der Waals surface area contributed by atoms with Gasteiger partial charge in [-0.2, -0.15) is 0 Å². The first-order valence-corrected chi connectivity index (χ1v) is 9.82. The lowest BCUT2D eigenvalue weighted by Crippen LogP contribution is -2.03. The molecule has 25 heavy (non-hydrogen) atoms. The second kappa shape index (κ2) is 7.32. The van der Waals surface area contributed by atoms with Crippen LogP contribution in [0.4, 0.5) is 0 Å². The van der Waals surface area contributed by atoms with E-state index in [2.05, 4.69) is 23.8 Å². The number of carbonyl (C=O) groups is 1. The standard InChI is InChI=1S/C18H17ClN2O2S2/c1-9-10(2)25-18-16(9)17(20-11(3)21-18)24-8-14(22)12-5-6-15(23-4)13(19)7-12/h5-7H,8H2,1-4H3. The van der Waals surface area contributed by atoms with Crippen molar-refractivity contribution in [3.8, 4) is 5.75 Å². The van der Waals surface area contributed by atoms with Gasteiger partial charge in [-0.3, -0.25) is 4.79 Å². The van der Waals surface area contributed by atoms with Gasteiger partial charge in [-0.1, -0.05) is 23.4 Å². The normalized spacial score (nSPS) is 11.1. The second-order valence-electron chi connectivity index (χ2n) is 5.60. The van der Waals surface area contributed by atoms with Gasteiger partial charge in [0.05, 0.1) is 17.9 Å². The molecule has 0 N–H and O–H groups in total. The molecule has 0 atom stereocenters. The van der Waals surface area contributed by atoms with Crippen molar-refractivity contribution >= 4 is 50.7 Å². The summed E-state index contributed by atoms with van der Waals surface area (Å²) in [6.07, 6.45) is 0. The van der Waals surface area contributed by atoms with E-state index in [1.54, 1.807) is 36.6 Å². The Balaban J connectivity index is 1.85. The molecule has 0 saturated heterocycles. The number of Topliss-reactive ketones (excluding diaryl/α,β-unsaturated/α-hetero) is 1. The summed E-state index contributed by atoms with van der Waals surface area (Å²) in [7, 11) is 1.55. The molecule has 0 spiro atoms. The number of aryl methyl sites for hydroxylation is 3. The van der Waals surface area contributed by atoms with Gasteiger partial charge < -0.3 is 4.74 Å². The zero-order valence-corrected chi connectivity index (χ0v) is 16.7. The van der Waals surface area contributed by atoms with Crippen LogP contribution >= 0.6 is 34.7 Å². The molecule has 0 saturated carbocycles. The minimum atomic E-state index is 0.00331. The number of ketones is 1. The zero-order valence-electron chi connectivity index (χ0n) is 14.3. The van der Waals surface area contributed by atoms with E-state index in [0.717, 1.165) is 21.1 Å². The molecule has 0 aliphatic rings. The van der Waals surface area contributed by atoms with Crippen molar-refractivity contribution in [2.75, 3.05) is 12.9 Å². The van der Waals surface area contributed by atoms with Gasteiger partial charge in [-0.15, -0.1) is 11.3 Å². The lowest BCUT2D eigenvalue weighted by atomic mass is 10.1. The fourth-order valence-electron chi connectivity index (χ4n) is 2.48. The van der Waals surface area contributed by atoms with Crippen LogP contribution in [0.1, 0.15) is 26.6 Å². The van der Waals surface area contributed by atoms with Crippen molar-refractivity contribution in [3.05, 3.63) is 45.1 Å². The van der Waals surface area contributed by atoms with Gasteiger partial charge in [0, 0.05) is 15.8 Å². The highest BCUT2D eigenvalue weighted by atomic mass is 35.5. The maximum Gasteiger partial charge on any atom is 0.173 e. The third-order valence-electron chi connectivity index (χ3n) is 3.92. The first-order chi connectivity index (χ1) is 11.9. The van der Waals surface area contributed by atoms with Crippen LogP contribution in [0, 0.1) is 20.8 Å². The largest absolute Gasteiger partial charge is 0.495 e. The fourth-order valence-corrected chi connectivity index (χ4v) is 4.90. The summed E-state index contributed by atoms with van der Waals surface area (Å²) in [6.45, 7) is 6.02. The van der Waals surface area contributed by atoms with E-state index in [1.165, 1.54) is 22.2 Å². The molecule has 0 amide bonds. The Kier molecular flexibility index (Phi) is 5.32. The highest BCUT2D eigenvalue weighted by Gasteiger charge is 2.16. The van der Waals surface area contributed by atoms with Crippen molar-refractivity contribution < 1.29 is 9.53 Å². The molecule has 0 aliphatic carbocycles. The first kappa shape index (κ1) is 18.2. The number of aromatic nitrogens is 2. The van der Waals surface area contributed by atoms with E-state index in [0.29, 0.717) is 22.1 Å². The average Bonchev–Trinajstić information content (AvgIpc) is 2.86. The molecule has 2 aromatic heterocycles. The van der Waals surface area contributed by atoms with Crippen LogP contribution in [0.3, 0.4) is 0 Å². The third kappa shape index (κ3) is 3.66. The maximum absolute atomic E-state index is 12.5. The smallest absolute Gasteiger partial charge is 0.173 e. The predicted octanol–water partition coefficient (Wildman–Crippen LogP) is 5.25. The molecule has 0 fully saturated rings. The van der Waals surface area contributed by atoms with Gasteiger partial charge in [0.2, 0.25) is 0 Å². The predicted molar refractivity (Wildman–Crippen MR) is 105 cm³/mol. The number of thiophene rings is 1. The molecule has 0 bridgehead atoms. The quantitative estimate of drug-likeness (QED) is 0.337. The number of halogens is 1. The van der Waals surface area contributed by atoms with Crippen LogP contribution in [0.5, 0.6) is 5.75 Å². The summed E-state index contributed by atoms with van der Waals surface area (Å²) >= 11 is 9.21. The van der Waals surface area contributed by atoms with Crippen molar-refractivity contribution in [3.63, 3.8) is 0 Å². The van der Waals surface area contributed by atoms with Crippen LogP contribution in [0.15, 0.2) is 23.2 Å².